The van der Waals surface area contributed by atoms with Crippen LogP contribution in [0.5, 0.6) is 5.75 Å². The van der Waals surface area contributed by atoms with Gasteiger partial charge in [-0.1, -0.05) is 41.4 Å². The van der Waals surface area contributed by atoms with Gasteiger partial charge >= 0.3 is 0 Å². The molecule has 0 heterocycles. The molecule has 2 aromatic rings. The highest BCUT2D eigenvalue weighted by atomic mass is 35.5. The number of rotatable bonds is 12. The Balaban J connectivity index is 2.17. The SMILES string of the molecule is CCNC(=O)C(C)N(Cc1ccc(C)cc1)C(=O)CCCN(c1ccc(OC)c(Cl)c1)S(C)(=O)=O. The first-order valence-electron chi connectivity index (χ1n) is 11.4. The molecule has 0 aliphatic carbocycles. The summed E-state index contributed by atoms with van der Waals surface area (Å²) in [6.45, 7) is 6.32. The van der Waals surface area contributed by atoms with Crippen molar-refractivity contribution >= 4 is 39.1 Å². The molecule has 0 fully saturated rings. The first-order chi connectivity index (χ1) is 16.5. The van der Waals surface area contributed by atoms with Gasteiger partial charge in [-0.2, -0.15) is 0 Å². The maximum absolute atomic E-state index is 13.2. The molecule has 8 nitrogen and oxygen atoms in total. The van der Waals surface area contributed by atoms with Gasteiger partial charge in [-0.15, -0.1) is 0 Å². The highest BCUT2D eigenvalue weighted by Gasteiger charge is 2.26. The Morgan fingerprint density at radius 1 is 1.14 bits per heavy atom. The van der Waals surface area contributed by atoms with E-state index in [0.29, 0.717) is 18.0 Å². The van der Waals surface area contributed by atoms with Gasteiger partial charge in [0.2, 0.25) is 21.8 Å². The summed E-state index contributed by atoms with van der Waals surface area (Å²) < 4.78 is 31.2. The van der Waals surface area contributed by atoms with Crippen LogP contribution in [0.2, 0.25) is 5.02 Å². The van der Waals surface area contributed by atoms with E-state index in [2.05, 4.69) is 5.32 Å². The van der Waals surface area contributed by atoms with Crippen LogP contribution in [-0.2, 0) is 26.2 Å². The summed E-state index contributed by atoms with van der Waals surface area (Å²) in [6.07, 6.45) is 1.45. The first-order valence-corrected chi connectivity index (χ1v) is 13.6. The molecule has 0 radical (unpaired) electrons. The molecule has 192 valence electrons. The van der Waals surface area contributed by atoms with Crippen LogP contribution in [-0.4, -0.2) is 57.6 Å². The average Bonchev–Trinajstić information content (AvgIpc) is 2.80. The van der Waals surface area contributed by atoms with E-state index in [-0.39, 0.29) is 42.8 Å². The number of aryl methyl sites for hydroxylation is 1. The largest absolute Gasteiger partial charge is 0.495 e. The second kappa shape index (κ2) is 12.8. The van der Waals surface area contributed by atoms with Gasteiger partial charge in [0.05, 0.1) is 24.1 Å². The van der Waals surface area contributed by atoms with Gasteiger partial charge in [-0.05, 0) is 51.0 Å². The number of methoxy groups -OCH3 is 1. The molecular weight excluding hydrogens is 490 g/mol. The quantitative estimate of drug-likeness (QED) is 0.457. The molecule has 35 heavy (non-hydrogen) atoms. The number of anilines is 1. The van der Waals surface area contributed by atoms with Gasteiger partial charge in [0.15, 0.2) is 0 Å². The Labute approximate surface area is 213 Å². The molecular formula is C25H34ClN3O5S. The minimum Gasteiger partial charge on any atom is -0.495 e. The summed E-state index contributed by atoms with van der Waals surface area (Å²) in [7, 11) is -2.14. The first kappa shape index (κ1) is 28.5. The topological polar surface area (TPSA) is 96.0 Å². The highest BCUT2D eigenvalue weighted by molar-refractivity contribution is 7.92. The normalized spacial score (nSPS) is 12.1. The molecule has 1 unspecified atom stereocenters. The molecule has 2 amide bonds. The maximum Gasteiger partial charge on any atom is 0.242 e. The van der Waals surface area contributed by atoms with E-state index in [1.807, 2.05) is 38.1 Å². The number of hydrogen-bond acceptors (Lipinski definition) is 5. The van der Waals surface area contributed by atoms with E-state index in [1.165, 1.54) is 22.4 Å². The molecule has 0 saturated carbocycles. The molecule has 2 rings (SSSR count). The minimum atomic E-state index is -3.62. The number of amides is 2. The number of nitrogens with one attached hydrogen (secondary N) is 1. The van der Waals surface area contributed by atoms with Crippen LogP contribution < -0.4 is 14.4 Å². The third-order valence-electron chi connectivity index (χ3n) is 5.57. The minimum absolute atomic E-state index is 0.0749. The monoisotopic (exact) mass is 523 g/mol. The number of benzene rings is 2. The summed E-state index contributed by atoms with van der Waals surface area (Å²) in [5, 5.41) is 3.05. The van der Waals surface area contributed by atoms with Crippen LogP contribution in [0.15, 0.2) is 42.5 Å². The molecule has 0 aromatic heterocycles. The standard InChI is InChI=1S/C25H34ClN3O5S/c1-6-27-25(31)19(3)28(17-20-11-9-18(2)10-12-20)24(30)8-7-15-29(35(5,32)33)21-13-14-23(34-4)22(26)16-21/h9-14,16,19H,6-8,15,17H2,1-5H3,(H,27,31). The van der Waals surface area contributed by atoms with Crippen molar-refractivity contribution in [2.24, 2.45) is 0 Å². The van der Waals surface area contributed by atoms with Crippen LogP contribution in [0.25, 0.3) is 0 Å². The lowest BCUT2D eigenvalue weighted by Crippen LogP contribution is -2.47. The maximum atomic E-state index is 13.2. The Kier molecular flexibility index (Phi) is 10.4. The van der Waals surface area contributed by atoms with E-state index in [1.54, 1.807) is 19.1 Å². The molecule has 0 bridgehead atoms. The van der Waals surface area contributed by atoms with Crippen molar-refractivity contribution in [3.63, 3.8) is 0 Å². The van der Waals surface area contributed by atoms with Crippen LogP contribution in [0.4, 0.5) is 5.69 Å². The van der Waals surface area contributed by atoms with Crippen LogP contribution in [0.3, 0.4) is 0 Å². The lowest BCUT2D eigenvalue weighted by Gasteiger charge is -2.29. The Morgan fingerprint density at radius 3 is 2.34 bits per heavy atom. The zero-order chi connectivity index (χ0) is 26.2. The summed E-state index contributed by atoms with van der Waals surface area (Å²) in [5.74, 6) is -0.0331. The molecule has 2 aromatic carbocycles. The second-order valence-electron chi connectivity index (χ2n) is 8.34. The third-order valence-corrected chi connectivity index (χ3v) is 7.06. The summed E-state index contributed by atoms with van der Waals surface area (Å²) >= 11 is 6.18. The van der Waals surface area contributed by atoms with E-state index < -0.39 is 16.1 Å². The van der Waals surface area contributed by atoms with Crippen molar-refractivity contribution in [1.29, 1.82) is 0 Å². The highest BCUT2D eigenvalue weighted by Crippen LogP contribution is 2.30. The summed E-state index contributed by atoms with van der Waals surface area (Å²) in [6, 6.07) is 11.8. The van der Waals surface area contributed by atoms with Crippen LogP contribution >= 0.6 is 11.6 Å². The fraction of sp³-hybridized carbons (Fsp3) is 0.440. The van der Waals surface area contributed by atoms with Crippen molar-refractivity contribution in [2.75, 3.05) is 30.8 Å². The van der Waals surface area contributed by atoms with Gasteiger partial charge < -0.3 is 15.0 Å². The van der Waals surface area contributed by atoms with E-state index in [9.17, 15) is 18.0 Å². The van der Waals surface area contributed by atoms with E-state index in [0.717, 1.165) is 17.4 Å². The molecule has 0 saturated heterocycles. The van der Waals surface area contributed by atoms with Crippen molar-refractivity contribution in [2.45, 2.75) is 46.2 Å². The summed E-state index contributed by atoms with van der Waals surface area (Å²) in [4.78, 5) is 27.2. The van der Waals surface area contributed by atoms with Crippen LogP contribution in [0, 0.1) is 6.92 Å². The Hall–Kier alpha value is -2.78. The third kappa shape index (κ3) is 8.14. The molecule has 1 N–H and O–H groups in total. The second-order valence-corrected chi connectivity index (χ2v) is 10.6. The number of nitrogens with zero attached hydrogens (tertiary/aromatic N) is 2. The van der Waals surface area contributed by atoms with Crippen molar-refractivity contribution in [1.82, 2.24) is 10.2 Å². The molecule has 1 atom stereocenters. The molecule has 10 heteroatoms. The van der Waals surface area contributed by atoms with Crippen molar-refractivity contribution in [3.05, 3.63) is 58.6 Å². The molecule has 0 spiro atoms. The Morgan fingerprint density at radius 2 is 1.80 bits per heavy atom. The predicted molar refractivity (Wildman–Crippen MR) is 139 cm³/mol. The number of ether oxygens (including phenoxy) is 1. The average molecular weight is 524 g/mol. The van der Waals surface area contributed by atoms with Crippen LogP contribution in [0.1, 0.15) is 37.8 Å². The molecule has 0 aliphatic heterocycles. The zero-order valence-corrected chi connectivity index (χ0v) is 22.4. The predicted octanol–water partition coefficient (Wildman–Crippen LogP) is 3.76. The Bertz CT molecular complexity index is 1120. The number of halogens is 1. The lowest BCUT2D eigenvalue weighted by molar-refractivity contribution is -0.140. The zero-order valence-electron chi connectivity index (χ0n) is 20.9. The molecule has 0 aliphatic rings. The fourth-order valence-corrected chi connectivity index (χ4v) is 4.82. The number of sulfonamides is 1. The number of carbonyl (C=O) groups is 2. The summed E-state index contributed by atoms with van der Waals surface area (Å²) in [5.41, 5.74) is 2.39. The van der Waals surface area contributed by atoms with Gasteiger partial charge in [-0.25, -0.2) is 8.42 Å². The lowest BCUT2D eigenvalue weighted by atomic mass is 10.1. The van der Waals surface area contributed by atoms with Crippen molar-refractivity contribution < 1.29 is 22.7 Å². The van der Waals surface area contributed by atoms with Crippen molar-refractivity contribution in [3.8, 4) is 5.75 Å². The van der Waals surface area contributed by atoms with E-state index in [4.69, 9.17) is 16.3 Å². The number of likely N-dealkylation sites (N-methyl/N-ethyl adjacent to an activating group) is 1. The van der Waals surface area contributed by atoms with Gasteiger partial charge in [0.25, 0.3) is 0 Å². The van der Waals surface area contributed by atoms with E-state index >= 15 is 0 Å². The fourth-order valence-electron chi connectivity index (χ4n) is 3.61. The smallest absolute Gasteiger partial charge is 0.242 e. The number of hydrogen-bond donors (Lipinski definition) is 1. The van der Waals surface area contributed by atoms with Gasteiger partial charge in [0, 0.05) is 26.1 Å². The van der Waals surface area contributed by atoms with Gasteiger partial charge in [0.1, 0.15) is 11.8 Å². The van der Waals surface area contributed by atoms with Gasteiger partial charge in [-0.3, -0.25) is 13.9 Å². The number of carbonyl (C=O) groups excluding carboxylic acids is 2.